The summed E-state index contributed by atoms with van der Waals surface area (Å²) >= 11 is 0. The Labute approximate surface area is 139 Å². The van der Waals surface area contributed by atoms with Crippen molar-refractivity contribution >= 4 is 17.6 Å². The summed E-state index contributed by atoms with van der Waals surface area (Å²) in [5, 5.41) is 11.1. The van der Waals surface area contributed by atoms with Crippen LogP contribution in [0, 0.1) is 0 Å². The summed E-state index contributed by atoms with van der Waals surface area (Å²) < 4.78 is 4.98. The SMILES string of the molecule is CC(=O)Oc1ccc(C(C)=NNC(=O)c2n[nH]c3c2CCC3)cc1. The first-order chi connectivity index (χ1) is 11.5. The van der Waals surface area contributed by atoms with Crippen molar-refractivity contribution in [2.45, 2.75) is 33.1 Å². The molecule has 0 spiro atoms. The van der Waals surface area contributed by atoms with Gasteiger partial charge in [0, 0.05) is 18.2 Å². The van der Waals surface area contributed by atoms with Crippen molar-refractivity contribution in [1.82, 2.24) is 15.6 Å². The van der Waals surface area contributed by atoms with E-state index in [4.69, 9.17) is 4.74 Å². The first-order valence-electron chi connectivity index (χ1n) is 7.74. The summed E-state index contributed by atoms with van der Waals surface area (Å²) in [7, 11) is 0. The Morgan fingerprint density at radius 3 is 2.67 bits per heavy atom. The minimum Gasteiger partial charge on any atom is -0.427 e. The number of hydrogen-bond donors (Lipinski definition) is 2. The third kappa shape index (κ3) is 3.34. The van der Waals surface area contributed by atoms with Crippen LogP contribution in [0.2, 0.25) is 0 Å². The van der Waals surface area contributed by atoms with Crippen LogP contribution in [0.15, 0.2) is 29.4 Å². The van der Waals surface area contributed by atoms with Gasteiger partial charge in [-0.05, 0) is 56.0 Å². The standard InChI is InChI=1S/C17H18N4O3/c1-10(12-6-8-13(9-7-12)24-11(2)22)18-21-17(23)16-14-4-3-5-15(14)19-20-16/h6-9H,3-5H2,1-2H3,(H,19,20)(H,21,23). The van der Waals surface area contributed by atoms with Crippen LogP contribution in [0.3, 0.4) is 0 Å². The Kier molecular flexibility index (Phi) is 4.41. The molecule has 1 aliphatic carbocycles. The molecular weight excluding hydrogens is 308 g/mol. The average molecular weight is 326 g/mol. The molecule has 0 unspecified atom stereocenters. The second kappa shape index (κ2) is 6.66. The zero-order chi connectivity index (χ0) is 17.1. The quantitative estimate of drug-likeness (QED) is 0.388. The molecule has 3 rings (SSSR count). The van der Waals surface area contributed by atoms with Crippen molar-refractivity contribution < 1.29 is 14.3 Å². The average Bonchev–Trinajstić information content (AvgIpc) is 3.15. The van der Waals surface area contributed by atoms with Gasteiger partial charge in [0.1, 0.15) is 5.75 Å². The van der Waals surface area contributed by atoms with Gasteiger partial charge < -0.3 is 4.74 Å². The molecule has 1 heterocycles. The smallest absolute Gasteiger partial charge is 0.308 e. The second-order valence-electron chi connectivity index (χ2n) is 5.64. The molecule has 7 nitrogen and oxygen atoms in total. The molecule has 7 heteroatoms. The highest BCUT2D eigenvalue weighted by Crippen LogP contribution is 2.22. The number of H-pyrrole nitrogens is 1. The van der Waals surface area contributed by atoms with Crippen LogP contribution in [0.5, 0.6) is 5.75 Å². The predicted octanol–water partition coefficient (Wildman–Crippen LogP) is 1.98. The maximum atomic E-state index is 12.2. The molecule has 0 radical (unpaired) electrons. The molecule has 0 fully saturated rings. The maximum absolute atomic E-state index is 12.2. The van der Waals surface area contributed by atoms with E-state index in [1.54, 1.807) is 31.2 Å². The maximum Gasteiger partial charge on any atom is 0.308 e. The molecule has 1 aromatic heterocycles. The fourth-order valence-electron chi connectivity index (χ4n) is 2.69. The van der Waals surface area contributed by atoms with E-state index in [-0.39, 0.29) is 11.9 Å². The van der Waals surface area contributed by atoms with Gasteiger partial charge in [0.2, 0.25) is 0 Å². The summed E-state index contributed by atoms with van der Waals surface area (Å²) in [6.07, 6.45) is 2.85. The summed E-state index contributed by atoms with van der Waals surface area (Å²) in [4.78, 5) is 23.1. The van der Waals surface area contributed by atoms with Crippen molar-refractivity contribution in [2.24, 2.45) is 5.10 Å². The fraction of sp³-hybridized carbons (Fsp3) is 0.294. The monoisotopic (exact) mass is 326 g/mol. The zero-order valence-electron chi connectivity index (χ0n) is 13.5. The van der Waals surface area contributed by atoms with E-state index in [1.165, 1.54) is 6.92 Å². The van der Waals surface area contributed by atoms with Crippen LogP contribution in [0.4, 0.5) is 0 Å². The third-order valence-electron chi connectivity index (χ3n) is 3.88. The van der Waals surface area contributed by atoms with Gasteiger partial charge in [0.05, 0.1) is 5.71 Å². The normalized spacial score (nSPS) is 13.5. The topological polar surface area (TPSA) is 96.4 Å². The number of carbonyl (C=O) groups excluding carboxylic acids is 2. The Hall–Kier alpha value is -2.96. The summed E-state index contributed by atoms with van der Waals surface area (Å²) in [5.41, 5.74) is 6.46. The van der Waals surface area contributed by atoms with E-state index >= 15 is 0 Å². The van der Waals surface area contributed by atoms with Gasteiger partial charge in [0.15, 0.2) is 5.69 Å². The van der Waals surface area contributed by atoms with Crippen molar-refractivity contribution in [1.29, 1.82) is 0 Å². The van der Waals surface area contributed by atoms with E-state index in [0.29, 0.717) is 17.2 Å². The van der Waals surface area contributed by atoms with E-state index in [1.807, 2.05) is 0 Å². The Morgan fingerprint density at radius 2 is 1.96 bits per heavy atom. The van der Waals surface area contributed by atoms with E-state index in [9.17, 15) is 9.59 Å². The molecule has 1 aromatic carbocycles. The van der Waals surface area contributed by atoms with E-state index in [2.05, 4.69) is 20.7 Å². The molecule has 0 saturated heterocycles. The lowest BCUT2D eigenvalue weighted by atomic mass is 10.1. The summed E-state index contributed by atoms with van der Waals surface area (Å²) in [5.74, 6) is -0.215. The molecule has 124 valence electrons. The van der Waals surface area contributed by atoms with Gasteiger partial charge in [-0.25, -0.2) is 5.43 Å². The van der Waals surface area contributed by atoms with E-state index in [0.717, 1.165) is 36.1 Å². The van der Waals surface area contributed by atoms with Crippen molar-refractivity contribution in [3.63, 3.8) is 0 Å². The zero-order valence-corrected chi connectivity index (χ0v) is 13.5. The fourth-order valence-corrected chi connectivity index (χ4v) is 2.69. The lowest BCUT2D eigenvalue weighted by molar-refractivity contribution is -0.131. The summed E-state index contributed by atoms with van der Waals surface area (Å²) in [6.45, 7) is 3.14. The van der Waals surface area contributed by atoms with E-state index < -0.39 is 0 Å². The number of aromatic amines is 1. The highest BCUT2D eigenvalue weighted by molar-refractivity contribution is 6.00. The first kappa shape index (κ1) is 15.9. The number of ether oxygens (including phenoxy) is 1. The minimum absolute atomic E-state index is 0.315. The number of benzene rings is 1. The van der Waals surface area contributed by atoms with Crippen LogP contribution in [0.1, 0.15) is 47.6 Å². The Balaban J connectivity index is 1.67. The van der Waals surface area contributed by atoms with Gasteiger partial charge in [-0.2, -0.15) is 10.2 Å². The number of nitrogens with one attached hydrogen (secondary N) is 2. The number of aromatic nitrogens is 2. The van der Waals surface area contributed by atoms with Gasteiger partial charge >= 0.3 is 5.97 Å². The Morgan fingerprint density at radius 1 is 1.21 bits per heavy atom. The lowest BCUT2D eigenvalue weighted by Gasteiger charge is -2.04. The van der Waals surface area contributed by atoms with Crippen molar-refractivity contribution in [2.75, 3.05) is 0 Å². The molecule has 2 N–H and O–H groups in total. The molecule has 0 aliphatic heterocycles. The van der Waals surface area contributed by atoms with Gasteiger partial charge in [-0.15, -0.1) is 0 Å². The largest absolute Gasteiger partial charge is 0.427 e. The number of aryl methyl sites for hydroxylation is 1. The molecule has 0 atom stereocenters. The number of hydrazone groups is 1. The first-order valence-corrected chi connectivity index (χ1v) is 7.74. The number of nitrogens with zero attached hydrogens (tertiary/aromatic N) is 2. The van der Waals surface area contributed by atoms with Crippen LogP contribution in [-0.2, 0) is 17.6 Å². The number of esters is 1. The van der Waals surface area contributed by atoms with Crippen molar-refractivity contribution in [3.05, 3.63) is 46.8 Å². The Bertz CT molecular complexity index is 806. The van der Waals surface area contributed by atoms with Gasteiger partial charge in [0.25, 0.3) is 5.91 Å². The van der Waals surface area contributed by atoms with Gasteiger partial charge in [-0.1, -0.05) is 0 Å². The number of hydrogen-bond acceptors (Lipinski definition) is 5. The third-order valence-corrected chi connectivity index (χ3v) is 3.88. The molecule has 1 amide bonds. The van der Waals surface area contributed by atoms with Gasteiger partial charge in [-0.3, -0.25) is 14.7 Å². The molecule has 0 saturated carbocycles. The minimum atomic E-state index is -0.369. The van der Waals surface area contributed by atoms with Crippen LogP contribution >= 0.6 is 0 Å². The van der Waals surface area contributed by atoms with Crippen LogP contribution in [0.25, 0.3) is 0 Å². The molecule has 0 bridgehead atoms. The number of amides is 1. The summed E-state index contributed by atoms with van der Waals surface area (Å²) in [6, 6.07) is 6.90. The highest BCUT2D eigenvalue weighted by Gasteiger charge is 2.22. The molecular formula is C17H18N4O3. The predicted molar refractivity (Wildman–Crippen MR) is 88.0 cm³/mol. The second-order valence-corrected chi connectivity index (χ2v) is 5.64. The van der Waals surface area contributed by atoms with Crippen LogP contribution < -0.4 is 10.2 Å². The van der Waals surface area contributed by atoms with Crippen LogP contribution in [-0.4, -0.2) is 27.8 Å². The van der Waals surface area contributed by atoms with Crippen molar-refractivity contribution in [3.8, 4) is 5.75 Å². The lowest BCUT2D eigenvalue weighted by Crippen LogP contribution is -2.21. The number of rotatable bonds is 4. The molecule has 24 heavy (non-hydrogen) atoms. The molecule has 2 aromatic rings. The number of carbonyl (C=O) groups is 2. The highest BCUT2D eigenvalue weighted by atomic mass is 16.5. The molecule has 1 aliphatic rings. The number of fused-ring (bicyclic) bond motifs is 1.